The number of hydrogen-bond donors (Lipinski definition) is 0. The summed E-state index contributed by atoms with van der Waals surface area (Å²) >= 11 is 0. The monoisotopic (exact) mass is 210 g/mol. The summed E-state index contributed by atoms with van der Waals surface area (Å²) in [6.45, 7) is 3.77. The van der Waals surface area contributed by atoms with Gasteiger partial charge in [0.15, 0.2) is 0 Å². The molecule has 0 aromatic heterocycles. The minimum absolute atomic E-state index is 0.0429. The molecule has 0 aromatic rings. The Balaban J connectivity index is 2.54. The lowest BCUT2D eigenvalue weighted by Gasteiger charge is -2.27. The molecule has 5 nitrogen and oxygen atoms in total. The molecule has 0 aromatic carbocycles. The molecule has 1 saturated heterocycles. The standard InChI is InChI=1S/C10H14N2O3/c1-10(2,7-11)3-4-12-8(13)5-15-6-9(12)14/h3-6H2,1-2H3. The molecule has 1 fully saturated rings. The van der Waals surface area contributed by atoms with Crippen LogP contribution in [0.1, 0.15) is 20.3 Å². The number of ether oxygens (including phenoxy) is 1. The highest BCUT2D eigenvalue weighted by molar-refractivity contribution is 5.98. The molecule has 1 heterocycles. The molecule has 0 aliphatic carbocycles. The summed E-state index contributed by atoms with van der Waals surface area (Å²) in [5.41, 5.74) is -0.515. The summed E-state index contributed by atoms with van der Waals surface area (Å²) in [7, 11) is 0. The van der Waals surface area contributed by atoms with Crippen LogP contribution >= 0.6 is 0 Å². The van der Waals surface area contributed by atoms with Crippen molar-refractivity contribution >= 4 is 11.8 Å². The molecule has 0 spiro atoms. The highest BCUT2D eigenvalue weighted by Gasteiger charge is 2.28. The molecule has 1 aliphatic heterocycles. The Morgan fingerprint density at radius 3 is 2.40 bits per heavy atom. The van der Waals surface area contributed by atoms with Crippen molar-refractivity contribution in [3.05, 3.63) is 0 Å². The van der Waals surface area contributed by atoms with E-state index in [1.807, 2.05) is 0 Å². The van der Waals surface area contributed by atoms with Crippen LogP contribution in [-0.4, -0.2) is 36.5 Å². The first-order valence-electron chi connectivity index (χ1n) is 4.78. The van der Waals surface area contributed by atoms with E-state index >= 15 is 0 Å². The average molecular weight is 210 g/mol. The molecule has 0 N–H and O–H groups in total. The Hall–Kier alpha value is -1.41. The highest BCUT2D eigenvalue weighted by atomic mass is 16.5. The smallest absolute Gasteiger partial charge is 0.255 e. The van der Waals surface area contributed by atoms with Crippen LogP contribution in [0.5, 0.6) is 0 Å². The third-order valence-electron chi connectivity index (χ3n) is 2.32. The number of carbonyl (C=O) groups is 2. The molecule has 15 heavy (non-hydrogen) atoms. The average Bonchev–Trinajstić information content (AvgIpc) is 2.17. The van der Waals surface area contributed by atoms with E-state index in [-0.39, 0.29) is 25.0 Å². The molecule has 0 unspecified atom stereocenters. The maximum absolute atomic E-state index is 11.3. The Morgan fingerprint density at radius 2 is 1.93 bits per heavy atom. The van der Waals surface area contributed by atoms with E-state index in [4.69, 9.17) is 10.00 Å². The number of nitriles is 1. The number of carbonyl (C=O) groups excluding carboxylic acids is 2. The highest BCUT2D eigenvalue weighted by Crippen LogP contribution is 2.19. The van der Waals surface area contributed by atoms with Crippen molar-refractivity contribution < 1.29 is 14.3 Å². The molecular weight excluding hydrogens is 196 g/mol. The van der Waals surface area contributed by atoms with Gasteiger partial charge in [0.1, 0.15) is 13.2 Å². The van der Waals surface area contributed by atoms with Crippen LogP contribution in [0.4, 0.5) is 0 Å². The predicted molar refractivity (Wildman–Crippen MR) is 51.6 cm³/mol. The van der Waals surface area contributed by atoms with E-state index in [1.165, 1.54) is 4.90 Å². The SMILES string of the molecule is CC(C)(C#N)CCN1C(=O)COCC1=O. The van der Waals surface area contributed by atoms with Crippen molar-refractivity contribution in [2.45, 2.75) is 20.3 Å². The zero-order valence-electron chi connectivity index (χ0n) is 8.95. The lowest BCUT2D eigenvalue weighted by atomic mass is 9.91. The van der Waals surface area contributed by atoms with E-state index in [0.717, 1.165) is 0 Å². The molecule has 0 bridgehead atoms. The first kappa shape index (κ1) is 11.7. The number of hydrogen-bond acceptors (Lipinski definition) is 4. The summed E-state index contributed by atoms with van der Waals surface area (Å²) in [5, 5.41) is 8.79. The van der Waals surface area contributed by atoms with Gasteiger partial charge in [0, 0.05) is 6.54 Å². The first-order chi connectivity index (χ1) is 6.96. The maximum atomic E-state index is 11.3. The summed E-state index contributed by atoms with van der Waals surface area (Å²) in [6.07, 6.45) is 0.487. The molecule has 0 saturated carbocycles. The zero-order valence-corrected chi connectivity index (χ0v) is 8.95. The van der Waals surface area contributed by atoms with Gasteiger partial charge in [0.05, 0.1) is 11.5 Å². The largest absolute Gasteiger partial charge is 0.362 e. The fourth-order valence-electron chi connectivity index (χ4n) is 1.22. The molecule has 1 rings (SSSR count). The quantitative estimate of drug-likeness (QED) is 0.628. The van der Waals surface area contributed by atoms with Crippen molar-refractivity contribution in [3.63, 3.8) is 0 Å². The van der Waals surface area contributed by atoms with Crippen molar-refractivity contribution in [2.24, 2.45) is 5.41 Å². The maximum Gasteiger partial charge on any atom is 0.255 e. The van der Waals surface area contributed by atoms with Crippen LogP contribution in [0.2, 0.25) is 0 Å². The third-order valence-corrected chi connectivity index (χ3v) is 2.32. The Labute approximate surface area is 88.6 Å². The molecule has 0 radical (unpaired) electrons. The van der Waals surface area contributed by atoms with Gasteiger partial charge in [-0.25, -0.2) is 0 Å². The molecular formula is C10H14N2O3. The van der Waals surface area contributed by atoms with Gasteiger partial charge in [-0.3, -0.25) is 14.5 Å². The van der Waals surface area contributed by atoms with E-state index in [9.17, 15) is 9.59 Å². The van der Waals surface area contributed by atoms with Crippen LogP contribution in [0.3, 0.4) is 0 Å². The Morgan fingerprint density at radius 1 is 1.40 bits per heavy atom. The molecule has 2 amide bonds. The second-order valence-corrected chi connectivity index (χ2v) is 4.18. The summed E-state index contributed by atoms with van der Waals surface area (Å²) in [5.74, 6) is -0.639. The Kier molecular flexibility index (Phi) is 3.43. The van der Waals surface area contributed by atoms with Crippen molar-refractivity contribution in [1.82, 2.24) is 4.90 Å². The van der Waals surface area contributed by atoms with Gasteiger partial charge in [-0.15, -0.1) is 0 Å². The normalized spacial score (nSPS) is 17.8. The fraction of sp³-hybridized carbons (Fsp3) is 0.700. The lowest BCUT2D eigenvalue weighted by molar-refractivity contribution is -0.158. The van der Waals surface area contributed by atoms with Crippen LogP contribution in [-0.2, 0) is 14.3 Å². The van der Waals surface area contributed by atoms with E-state index in [2.05, 4.69) is 6.07 Å². The minimum atomic E-state index is -0.515. The number of morpholine rings is 1. The van der Waals surface area contributed by atoms with Crippen LogP contribution in [0.15, 0.2) is 0 Å². The topological polar surface area (TPSA) is 70.4 Å². The van der Waals surface area contributed by atoms with Crippen molar-refractivity contribution in [2.75, 3.05) is 19.8 Å². The minimum Gasteiger partial charge on any atom is -0.362 e. The van der Waals surface area contributed by atoms with Gasteiger partial charge in [0.25, 0.3) is 11.8 Å². The second kappa shape index (κ2) is 4.41. The summed E-state index contributed by atoms with van der Waals surface area (Å²) in [6, 6.07) is 2.13. The van der Waals surface area contributed by atoms with Gasteiger partial charge >= 0.3 is 0 Å². The molecule has 82 valence electrons. The van der Waals surface area contributed by atoms with Crippen LogP contribution in [0.25, 0.3) is 0 Å². The molecule has 5 heteroatoms. The van der Waals surface area contributed by atoms with Crippen molar-refractivity contribution in [1.29, 1.82) is 5.26 Å². The predicted octanol–water partition coefficient (Wildman–Crippen LogP) is 0.312. The van der Waals surface area contributed by atoms with Gasteiger partial charge < -0.3 is 4.74 Å². The number of amides is 2. The fourth-order valence-corrected chi connectivity index (χ4v) is 1.22. The van der Waals surface area contributed by atoms with Crippen LogP contribution < -0.4 is 0 Å². The first-order valence-corrected chi connectivity index (χ1v) is 4.78. The third kappa shape index (κ3) is 3.03. The summed E-state index contributed by atoms with van der Waals surface area (Å²) < 4.78 is 4.78. The molecule has 0 atom stereocenters. The van der Waals surface area contributed by atoms with Gasteiger partial charge in [-0.05, 0) is 20.3 Å². The van der Waals surface area contributed by atoms with Gasteiger partial charge in [-0.2, -0.15) is 5.26 Å². The zero-order chi connectivity index (χ0) is 11.5. The second-order valence-electron chi connectivity index (χ2n) is 4.18. The van der Waals surface area contributed by atoms with Crippen LogP contribution in [0, 0.1) is 16.7 Å². The number of nitrogens with zero attached hydrogens (tertiary/aromatic N) is 2. The van der Waals surface area contributed by atoms with Gasteiger partial charge in [-0.1, -0.05) is 0 Å². The van der Waals surface area contributed by atoms with E-state index in [1.54, 1.807) is 13.8 Å². The number of imide groups is 1. The lowest BCUT2D eigenvalue weighted by Crippen LogP contribution is -2.47. The molecule has 1 aliphatic rings. The Bertz CT molecular complexity index is 301. The van der Waals surface area contributed by atoms with E-state index in [0.29, 0.717) is 13.0 Å². The van der Waals surface area contributed by atoms with E-state index < -0.39 is 5.41 Å². The summed E-state index contributed by atoms with van der Waals surface area (Å²) in [4.78, 5) is 23.8. The van der Waals surface area contributed by atoms with Gasteiger partial charge in [0.2, 0.25) is 0 Å². The number of rotatable bonds is 3. The van der Waals surface area contributed by atoms with Crippen molar-refractivity contribution in [3.8, 4) is 6.07 Å².